The molecule has 0 spiro atoms. The molecule has 3 atom stereocenters. The SMILES string of the molecule is CC(c1ccnc(-c2cccc3cc(C(NS(=O)(=O)C4CC4)c4ccccc4Cl)sc23)c1)C(O)C#N. The number of halogens is 1. The summed E-state index contributed by atoms with van der Waals surface area (Å²) in [7, 11) is -3.49. The van der Waals surface area contributed by atoms with Crippen LogP contribution in [0.15, 0.2) is 66.9 Å². The Morgan fingerprint density at radius 2 is 1.94 bits per heavy atom. The van der Waals surface area contributed by atoms with Crippen molar-refractivity contribution in [1.82, 2.24) is 9.71 Å². The molecule has 2 aromatic heterocycles. The summed E-state index contributed by atoms with van der Waals surface area (Å²) < 4.78 is 29.8. The van der Waals surface area contributed by atoms with Crippen LogP contribution < -0.4 is 4.72 Å². The molecule has 2 heterocycles. The highest BCUT2D eigenvalue weighted by atomic mass is 35.5. The van der Waals surface area contributed by atoms with Crippen LogP contribution in [0.2, 0.25) is 5.02 Å². The molecule has 4 aromatic rings. The number of aliphatic hydroxyl groups excluding tert-OH is 1. The number of nitriles is 1. The lowest BCUT2D eigenvalue weighted by Gasteiger charge is -2.19. The Morgan fingerprint density at radius 1 is 1.17 bits per heavy atom. The minimum Gasteiger partial charge on any atom is -0.378 e. The molecule has 36 heavy (non-hydrogen) atoms. The average molecular weight is 538 g/mol. The van der Waals surface area contributed by atoms with Crippen LogP contribution in [-0.4, -0.2) is 29.9 Å². The fourth-order valence-electron chi connectivity index (χ4n) is 4.22. The van der Waals surface area contributed by atoms with Gasteiger partial charge in [-0.3, -0.25) is 4.98 Å². The third-order valence-corrected chi connectivity index (χ3v) is 10.0. The van der Waals surface area contributed by atoms with Crippen LogP contribution in [0, 0.1) is 11.3 Å². The van der Waals surface area contributed by atoms with Crippen molar-refractivity contribution in [2.24, 2.45) is 0 Å². The van der Waals surface area contributed by atoms with E-state index in [0.29, 0.717) is 23.4 Å². The zero-order chi connectivity index (χ0) is 25.4. The molecule has 6 nitrogen and oxygen atoms in total. The first-order valence-electron chi connectivity index (χ1n) is 11.6. The van der Waals surface area contributed by atoms with E-state index in [0.717, 1.165) is 31.8 Å². The van der Waals surface area contributed by atoms with Crippen molar-refractivity contribution in [3.05, 3.63) is 87.9 Å². The monoisotopic (exact) mass is 537 g/mol. The van der Waals surface area contributed by atoms with Crippen molar-refractivity contribution in [3.63, 3.8) is 0 Å². The summed E-state index contributed by atoms with van der Waals surface area (Å²) in [5.74, 6) is -0.365. The van der Waals surface area contributed by atoms with Crippen molar-refractivity contribution >= 4 is 43.0 Å². The van der Waals surface area contributed by atoms with E-state index in [1.165, 1.54) is 11.3 Å². The van der Waals surface area contributed by atoms with E-state index < -0.39 is 22.2 Å². The molecule has 1 saturated carbocycles. The maximum Gasteiger partial charge on any atom is 0.215 e. The summed E-state index contributed by atoms with van der Waals surface area (Å²) in [6.07, 6.45) is 1.90. The van der Waals surface area contributed by atoms with Gasteiger partial charge in [0.25, 0.3) is 0 Å². The first kappa shape index (κ1) is 24.9. The van der Waals surface area contributed by atoms with Gasteiger partial charge in [0.05, 0.1) is 23.1 Å². The molecule has 184 valence electrons. The number of aromatic nitrogens is 1. The van der Waals surface area contributed by atoms with E-state index in [1.807, 2.05) is 54.6 Å². The number of hydrogen-bond acceptors (Lipinski definition) is 6. The fourth-order valence-corrected chi connectivity index (χ4v) is 7.33. The van der Waals surface area contributed by atoms with Crippen LogP contribution >= 0.6 is 22.9 Å². The Labute approximate surface area is 219 Å². The topological polar surface area (TPSA) is 103 Å². The molecule has 0 radical (unpaired) electrons. The van der Waals surface area contributed by atoms with E-state index in [9.17, 15) is 13.5 Å². The van der Waals surface area contributed by atoms with Gasteiger partial charge >= 0.3 is 0 Å². The van der Waals surface area contributed by atoms with Crippen LogP contribution in [0.4, 0.5) is 0 Å². The van der Waals surface area contributed by atoms with Gasteiger partial charge < -0.3 is 5.11 Å². The summed E-state index contributed by atoms with van der Waals surface area (Å²) >= 11 is 8.02. The van der Waals surface area contributed by atoms with Crippen molar-refractivity contribution in [2.75, 3.05) is 0 Å². The summed E-state index contributed by atoms with van der Waals surface area (Å²) in [5, 5.41) is 20.2. The predicted octanol–water partition coefficient (Wildman–Crippen LogP) is 5.78. The molecule has 3 unspecified atom stereocenters. The van der Waals surface area contributed by atoms with Gasteiger partial charge in [0, 0.05) is 32.3 Å². The number of pyridine rings is 1. The Bertz CT molecular complexity index is 1570. The highest BCUT2D eigenvalue weighted by Gasteiger charge is 2.38. The van der Waals surface area contributed by atoms with Crippen molar-refractivity contribution < 1.29 is 13.5 Å². The number of nitrogens with zero attached hydrogens (tertiary/aromatic N) is 2. The van der Waals surface area contributed by atoms with Crippen LogP contribution in [0.5, 0.6) is 0 Å². The Hall–Kier alpha value is -2.80. The number of hydrogen-bond donors (Lipinski definition) is 2. The van der Waals surface area contributed by atoms with Crippen molar-refractivity contribution in [3.8, 4) is 17.3 Å². The molecule has 0 saturated heterocycles. The zero-order valence-corrected chi connectivity index (χ0v) is 21.8. The number of rotatable bonds is 8. The van der Waals surface area contributed by atoms with Gasteiger partial charge in [-0.25, -0.2) is 13.1 Å². The maximum absolute atomic E-state index is 12.9. The molecule has 1 fully saturated rings. The van der Waals surface area contributed by atoms with E-state index in [4.69, 9.17) is 16.9 Å². The van der Waals surface area contributed by atoms with Gasteiger partial charge in [-0.2, -0.15) is 5.26 Å². The number of fused-ring (bicyclic) bond motifs is 1. The molecule has 2 N–H and O–H groups in total. The van der Waals surface area contributed by atoms with Gasteiger partial charge in [-0.1, -0.05) is 54.9 Å². The molecule has 9 heteroatoms. The van der Waals surface area contributed by atoms with Gasteiger partial charge in [-0.05, 0) is 53.6 Å². The third kappa shape index (κ3) is 4.90. The molecule has 0 bridgehead atoms. The zero-order valence-electron chi connectivity index (χ0n) is 19.4. The number of nitrogens with one attached hydrogen (secondary N) is 1. The smallest absolute Gasteiger partial charge is 0.215 e. The van der Waals surface area contributed by atoms with Crippen molar-refractivity contribution in [2.45, 2.75) is 43.1 Å². The third-order valence-electron chi connectivity index (χ3n) is 6.50. The van der Waals surface area contributed by atoms with E-state index in [2.05, 4.69) is 9.71 Å². The van der Waals surface area contributed by atoms with Gasteiger partial charge in [0.15, 0.2) is 0 Å². The lowest BCUT2D eigenvalue weighted by Crippen LogP contribution is -2.31. The van der Waals surface area contributed by atoms with E-state index in [-0.39, 0.29) is 11.2 Å². The first-order valence-corrected chi connectivity index (χ1v) is 14.3. The predicted molar refractivity (Wildman–Crippen MR) is 143 cm³/mol. The van der Waals surface area contributed by atoms with Crippen LogP contribution in [0.3, 0.4) is 0 Å². The molecule has 0 amide bonds. The molecule has 1 aliphatic carbocycles. The van der Waals surface area contributed by atoms with Crippen molar-refractivity contribution in [1.29, 1.82) is 5.26 Å². The lowest BCUT2D eigenvalue weighted by atomic mass is 9.95. The Morgan fingerprint density at radius 3 is 2.67 bits per heavy atom. The van der Waals surface area contributed by atoms with Gasteiger partial charge in [0.2, 0.25) is 10.0 Å². The minimum atomic E-state index is -3.49. The summed E-state index contributed by atoms with van der Waals surface area (Å²) in [6.45, 7) is 1.80. The molecular formula is C27H24ClN3O3S2. The molecule has 5 rings (SSSR count). The highest BCUT2D eigenvalue weighted by Crippen LogP contribution is 2.41. The Kier molecular flexibility index (Phi) is 6.86. The normalized spacial score (nSPS) is 16.4. The number of aliphatic hydroxyl groups is 1. The average Bonchev–Trinajstić information content (AvgIpc) is 3.66. The summed E-state index contributed by atoms with van der Waals surface area (Å²) in [5.41, 5.74) is 3.13. The number of benzene rings is 2. The quantitative estimate of drug-likeness (QED) is 0.277. The Balaban J connectivity index is 1.60. The van der Waals surface area contributed by atoms with Gasteiger partial charge in [0.1, 0.15) is 6.10 Å². The number of sulfonamides is 1. The summed E-state index contributed by atoms with van der Waals surface area (Å²) in [4.78, 5) is 5.39. The fraction of sp³-hybridized carbons (Fsp3) is 0.259. The molecule has 0 aliphatic heterocycles. The second kappa shape index (κ2) is 9.92. The molecular weight excluding hydrogens is 514 g/mol. The van der Waals surface area contributed by atoms with E-state index >= 15 is 0 Å². The van der Waals surface area contributed by atoms with Crippen LogP contribution in [-0.2, 0) is 10.0 Å². The highest BCUT2D eigenvalue weighted by molar-refractivity contribution is 7.90. The largest absolute Gasteiger partial charge is 0.378 e. The van der Waals surface area contributed by atoms with Crippen LogP contribution in [0.1, 0.15) is 47.7 Å². The summed E-state index contributed by atoms with van der Waals surface area (Å²) in [6, 6.07) is 20.2. The maximum atomic E-state index is 12.9. The second-order valence-electron chi connectivity index (χ2n) is 9.03. The van der Waals surface area contributed by atoms with Gasteiger partial charge in [-0.15, -0.1) is 11.3 Å². The first-order chi connectivity index (χ1) is 17.3. The van der Waals surface area contributed by atoms with Crippen LogP contribution in [0.25, 0.3) is 21.3 Å². The minimum absolute atomic E-state index is 0.356. The molecule has 2 aromatic carbocycles. The standard InChI is InChI=1S/C27H24ClN3O3S2/c1-16(24(32)15-29)17-11-12-30-23(13-17)21-7-4-5-18-14-25(35-27(18)21)26(20-6-2-3-8-22(20)28)31-36(33,34)19-9-10-19/h2-8,11-14,16,19,24,26,31-32H,9-10H2,1H3. The lowest BCUT2D eigenvalue weighted by molar-refractivity contribution is 0.204. The second-order valence-corrected chi connectivity index (χ2v) is 12.5. The van der Waals surface area contributed by atoms with E-state index in [1.54, 1.807) is 25.3 Å². The number of thiophene rings is 1. The molecule has 1 aliphatic rings.